The lowest BCUT2D eigenvalue weighted by atomic mass is 9.48. The van der Waals surface area contributed by atoms with Gasteiger partial charge in [0.1, 0.15) is 18.2 Å². The Balaban J connectivity index is 1.51. The first-order valence-corrected chi connectivity index (χ1v) is 8.05. The number of benzene rings is 1. The molecule has 1 aliphatic carbocycles. The van der Waals surface area contributed by atoms with Gasteiger partial charge in [-0.25, -0.2) is 4.39 Å². The van der Waals surface area contributed by atoms with E-state index in [2.05, 4.69) is 18.7 Å². The van der Waals surface area contributed by atoms with Crippen LogP contribution in [0.1, 0.15) is 20.3 Å². The molecule has 0 amide bonds. The monoisotopic (exact) mass is 307 g/mol. The molecule has 0 radical (unpaired) electrons. The number of nitrogens with zero attached hydrogens (tertiary/aromatic N) is 1. The summed E-state index contributed by atoms with van der Waals surface area (Å²) in [4.78, 5) is 2.49. The molecule has 1 aliphatic heterocycles. The molecule has 0 bridgehead atoms. The van der Waals surface area contributed by atoms with Gasteiger partial charge in [-0.3, -0.25) is 4.90 Å². The quantitative estimate of drug-likeness (QED) is 0.805. The Morgan fingerprint density at radius 1 is 1.27 bits per heavy atom. The molecule has 0 spiro atoms. The molecular weight excluding hydrogens is 281 g/mol. The van der Waals surface area contributed by atoms with E-state index in [0.717, 1.165) is 32.0 Å². The Labute approximate surface area is 132 Å². The fourth-order valence-corrected chi connectivity index (χ4v) is 4.70. The number of rotatable bonds is 6. The van der Waals surface area contributed by atoms with Gasteiger partial charge in [-0.1, -0.05) is 13.8 Å². The van der Waals surface area contributed by atoms with Gasteiger partial charge in [-0.15, -0.1) is 0 Å². The molecular formula is C18H26FNO2. The highest BCUT2D eigenvalue weighted by Crippen LogP contribution is 2.62. The molecule has 2 aliphatic rings. The summed E-state index contributed by atoms with van der Waals surface area (Å²) in [7, 11) is 1.80. The van der Waals surface area contributed by atoms with Gasteiger partial charge in [0, 0.05) is 32.2 Å². The van der Waals surface area contributed by atoms with Crippen LogP contribution in [-0.2, 0) is 4.74 Å². The molecule has 3 nitrogen and oxygen atoms in total. The highest BCUT2D eigenvalue weighted by Gasteiger charge is 2.62. The van der Waals surface area contributed by atoms with Crippen molar-refractivity contribution < 1.29 is 13.9 Å². The molecule has 1 saturated heterocycles. The molecule has 2 fully saturated rings. The van der Waals surface area contributed by atoms with E-state index >= 15 is 0 Å². The third kappa shape index (κ3) is 2.86. The number of hydrogen-bond acceptors (Lipinski definition) is 3. The second-order valence-corrected chi connectivity index (χ2v) is 7.55. The van der Waals surface area contributed by atoms with E-state index in [4.69, 9.17) is 9.47 Å². The lowest BCUT2D eigenvalue weighted by Gasteiger charge is -2.56. The van der Waals surface area contributed by atoms with E-state index < -0.39 is 0 Å². The van der Waals surface area contributed by atoms with Crippen LogP contribution in [0.3, 0.4) is 0 Å². The third-order valence-electron chi connectivity index (χ3n) is 5.39. The lowest BCUT2D eigenvalue weighted by Crippen LogP contribution is -2.55. The third-order valence-corrected chi connectivity index (χ3v) is 5.39. The van der Waals surface area contributed by atoms with E-state index in [1.54, 1.807) is 19.2 Å². The van der Waals surface area contributed by atoms with Crippen molar-refractivity contribution in [2.45, 2.75) is 20.3 Å². The fraction of sp³-hybridized carbons (Fsp3) is 0.667. The number of fused-ring (bicyclic) bond motifs is 1. The molecule has 0 unspecified atom stereocenters. The van der Waals surface area contributed by atoms with Crippen molar-refractivity contribution in [1.29, 1.82) is 0 Å². The van der Waals surface area contributed by atoms with Crippen LogP contribution in [0.15, 0.2) is 24.3 Å². The van der Waals surface area contributed by atoms with Crippen molar-refractivity contribution in [3.05, 3.63) is 30.1 Å². The standard InChI is InChI=1S/C18H26FNO2/c1-17(2)11-18(13-21-3)12-20(10-16(17)18)8-9-22-15-6-4-14(19)5-7-15/h4-7,16H,8-13H2,1-3H3/t16-,18-/m1/s1. The Hall–Kier alpha value is -1.13. The first-order valence-electron chi connectivity index (χ1n) is 8.05. The van der Waals surface area contributed by atoms with E-state index in [-0.39, 0.29) is 5.82 Å². The summed E-state index contributed by atoms with van der Waals surface area (Å²) in [6, 6.07) is 6.22. The Bertz CT molecular complexity index is 516. The molecule has 22 heavy (non-hydrogen) atoms. The number of halogens is 1. The Morgan fingerprint density at radius 3 is 2.64 bits per heavy atom. The van der Waals surface area contributed by atoms with E-state index in [1.807, 2.05) is 0 Å². The van der Waals surface area contributed by atoms with Crippen molar-refractivity contribution in [2.75, 3.05) is 40.0 Å². The minimum atomic E-state index is -0.229. The second-order valence-electron chi connectivity index (χ2n) is 7.55. The predicted molar refractivity (Wildman–Crippen MR) is 84.5 cm³/mol. The Morgan fingerprint density at radius 2 is 2.00 bits per heavy atom. The zero-order valence-corrected chi connectivity index (χ0v) is 13.8. The lowest BCUT2D eigenvalue weighted by molar-refractivity contribution is -0.107. The predicted octanol–water partition coefficient (Wildman–Crippen LogP) is 3.20. The van der Waals surface area contributed by atoms with Gasteiger partial charge in [0.05, 0.1) is 6.61 Å². The zero-order valence-electron chi connectivity index (χ0n) is 13.8. The van der Waals surface area contributed by atoms with Crippen molar-refractivity contribution in [1.82, 2.24) is 4.90 Å². The van der Waals surface area contributed by atoms with Gasteiger partial charge in [-0.05, 0) is 42.0 Å². The van der Waals surface area contributed by atoms with Gasteiger partial charge in [0.25, 0.3) is 0 Å². The van der Waals surface area contributed by atoms with Crippen molar-refractivity contribution >= 4 is 0 Å². The summed E-state index contributed by atoms with van der Waals surface area (Å²) in [5.74, 6) is 1.22. The largest absolute Gasteiger partial charge is 0.492 e. The summed E-state index contributed by atoms with van der Waals surface area (Å²) in [6.07, 6.45) is 1.24. The average molecular weight is 307 g/mol. The summed E-state index contributed by atoms with van der Waals surface area (Å²) in [5.41, 5.74) is 0.763. The van der Waals surface area contributed by atoms with Gasteiger partial charge in [0.2, 0.25) is 0 Å². The summed E-state index contributed by atoms with van der Waals surface area (Å²) in [5, 5.41) is 0. The summed E-state index contributed by atoms with van der Waals surface area (Å²) in [6.45, 7) is 9.37. The number of hydrogen-bond donors (Lipinski definition) is 0. The maximum Gasteiger partial charge on any atom is 0.123 e. The number of likely N-dealkylation sites (tertiary alicyclic amines) is 1. The maximum absolute atomic E-state index is 12.9. The molecule has 1 aromatic rings. The normalized spacial score (nSPS) is 29.9. The zero-order chi connectivity index (χ0) is 15.8. The van der Waals surface area contributed by atoms with Crippen LogP contribution in [0.5, 0.6) is 5.75 Å². The summed E-state index contributed by atoms with van der Waals surface area (Å²) < 4.78 is 24.1. The molecule has 2 atom stereocenters. The van der Waals surface area contributed by atoms with Crippen LogP contribution in [-0.4, -0.2) is 44.9 Å². The highest BCUT2D eigenvalue weighted by molar-refractivity contribution is 5.22. The molecule has 1 aromatic carbocycles. The average Bonchev–Trinajstić information content (AvgIpc) is 2.76. The number of methoxy groups -OCH3 is 1. The molecule has 1 heterocycles. The van der Waals surface area contributed by atoms with E-state index in [0.29, 0.717) is 23.4 Å². The van der Waals surface area contributed by atoms with Crippen LogP contribution in [0.2, 0.25) is 0 Å². The SMILES string of the molecule is COC[C@@]12CN(CCOc3ccc(F)cc3)C[C@@H]1C(C)(C)C2. The Kier molecular flexibility index (Phi) is 4.17. The first-order chi connectivity index (χ1) is 10.5. The second kappa shape index (κ2) is 5.82. The van der Waals surface area contributed by atoms with Crippen LogP contribution in [0.4, 0.5) is 4.39 Å². The molecule has 122 valence electrons. The first kappa shape index (κ1) is 15.8. The number of ether oxygens (including phenoxy) is 2. The minimum Gasteiger partial charge on any atom is -0.492 e. The molecule has 0 aromatic heterocycles. The van der Waals surface area contributed by atoms with Crippen LogP contribution in [0.25, 0.3) is 0 Å². The maximum atomic E-state index is 12.9. The van der Waals surface area contributed by atoms with Crippen molar-refractivity contribution in [2.24, 2.45) is 16.7 Å². The fourth-order valence-electron chi connectivity index (χ4n) is 4.70. The summed E-state index contributed by atoms with van der Waals surface area (Å²) >= 11 is 0. The highest BCUT2D eigenvalue weighted by atomic mass is 19.1. The van der Waals surface area contributed by atoms with Gasteiger partial charge >= 0.3 is 0 Å². The van der Waals surface area contributed by atoms with Gasteiger partial charge < -0.3 is 9.47 Å². The van der Waals surface area contributed by atoms with Crippen LogP contribution < -0.4 is 4.74 Å². The van der Waals surface area contributed by atoms with Crippen LogP contribution >= 0.6 is 0 Å². The van der Waals surface area contributed by atoms with Crippen molar-refractivity contribution in [3.8, 4) is 5.75 Å². The van der Waals surface area contributed by atoms with Crippen molar-refractivity contribution in [3.63, 3.8) is 0 Å². The topological polar surface area (TPSA) is 21.7 Å². The van der Waals surface area contributed by atoms with Crippen LogP contribution in [0, 0.1) is 22.6 Å². The smallest absolute Gasteiger partial charge is 0.123 e. The molecule has 3 rings (SSSR count). The molecule has 0 N–H and O–H groups in total. The molecule has 1 saturated carbocycles. The van der Waals surface area contributed by atoms with Gasteiger partial charge in [-0.2, -0.15) is 0 Å². The van der Waals surface area contributed by atoms with E-state index in [1.165, 1.54) is 18.6 Å². The van der Waals surface area contributed by atoms with Gasteiger partial charge in [0.15, 0.2) is 0 Å². The molecule has 4 heteroatoms. The minimum absolute atomic E-state index is 0.229. The van der Waals surface area contributed by atoms with E-state index in [9.17, 15) is 4.39 Å².